The highest BCUT2D eigenvalue weighted by Gasteiger charge is 2.04. The van der Waals surface area contributed by atoms with Crippen LogP contribution < -0.4 is 0 Å². The third kappa shape index (κ3) is 6.15. The highest BCUT2D eigenvalue weighted by Crippen LogP contribution is 2.20. The first-order valence-corrected chi connectivity index (χ1v) is 4.88. The molecule has 0 aromatic rings. The number of hydrogen-bond donors (Lipinski definition) is 0. The van der Waals surface area contributed by atoms with E-state index in [1.165, 1.54) is 25.7 Å². The molecule has 0 saturated carbocycles. The van der Waals surface area contributed by atoms with Crippen LogP contribution in [0.2, 0.25) is 0 Å². The standard InChI is InChI=1S/C8H14.C3H8/c1-7-4-3-5-8(2)6-7;1-3-2/h6-7H,3-5H2,1-2H3;3H2,1-2H3. The van der Waals surface area contributed by atoms with Gasteiger partial charge in [0.1, 0.15) is 0 Å². The SMILES string of the molecule is CC1=CC(C)CCC1.CCC. The van der Waals surface area contributed by atoms with E-state index in [9.17, 15) is 0 Å². The minimum atomic E-state index is 0.851. The maximum Gasteiger partial charge on any atom is -0.0259 e. The van der Waals surface area contributed by atoms with E-state index in [4.69, 9.17) is 0 Å². The zero-order valence-corrected chi connectivity index (χ0v) is 8.48. The third-order valence-corrected chi connectivity index (χ3v) is 1.80. The van der Waals surface area contributed by atoms with Crippen molar-refractivity contribution in [2.75, 3.05) is 0 Å². The summed E-state index contributed by atoms with van der Waals surface area (Å²) >= 11 is 0. The second-order valence-corrected chi connectivity index (χ2v) is 3.59. The molecule has 0 spiro atoms. The van der Waals surface area contributed by atoms with E-state index >= 15 is 0 Å². The van der Waals surface area contributed by atoms with Gasteiger partial charge in [-0.15, -0.1) is 0 Å². The van der Waals surface area contributed by atoms with Crippen LogP contribution in [-0.4, -0.2) is 0 Å². The fourth-order valence-electron chi connectivity index (χ4n) is 1.36. The van der Waals surface area contributed by atoms with Crippen LogP contribution in [0.1, 0.15) is 53.4 Å². The molecule has 0 nitrogen and oxygen atoms in total. The summed E-state index contributed by atoms with van der Waals surface area (Å²) in [4.78, 5) is 0. The Hall–Kier alpha value is -0.260. The van der Waals surface area contributed by atoms with E-state index in [0.717, 1.165) is 5.92 Å². The summed E-state index contributed by atoms with van der Waals surface area (Å²) in [7, 11) is 0. The first-order valence-electron chi connectivity index (χ1n) is 4.88. The zero-order chi connectivity index (χ0) is 8.69. The van der Waals surface area contributed by atoms with Crippen molar-refractivity contribution in [2.45, 2.75) is 53.4 Å². The average molecular weight is 154 g/mol. The lowest BCUT2D eigenvalue weighted by Crippen LogP contribution is -1.97. The molecule has 0 bridgehead atoms. The Labute approximate surface area is 71.7 Å². The molecule has 0 fully saturated rings. The van der Waals surface area contributed by atoms with Crippen LogP contribution in [0.15, 0.2) is 11.6 Å². The van der Waals surface area contributed by atoms with Gasteiger partial charge in [0.15, 0.2) is 0 Å². The average Bonchev–Trinajstić information content (AvgIpc) is 1.88. The monoisotopic (exact) mass is 154 g/mol. The molecule has 1 aliphatic carbocycles. The van der Waals surface area contributed by atoms with Gasteiger partial charge < -0.3 is 0 Å². The maximum atomic E-state index is 2.39. The van der Waals surface area contributed by atoms with Crippen LogP contribution in [0.25, 0.3) is 0 Å². The Bertz CT molecular complexity index is 111. The Morgan fingerprint density at radius 2 is 2.00 bits per heavy atom. The van der Waals surface area contributed by atoms with Crippen LogP contribution >= 0.6 is 0 Å². The molecule has 0 heterocycles. The predicted molar refractivity (Wildman–Crippen MR) is 52.7 cm³/mol. The van der Waals surface area contributed by atoms with Gasteiger partial charge in [0, 0.05) is 0 Å². The first kappa shape index (κ1) is 10.7. The van der Waals surface area contributed by atoms with Crippen LogP contribution in [0.4, 0.5) is 0 Å². The second-order valence-electron chi connectivity index (χ2n) is 3.59. The maximum absolute atomic E-state index is 2.39. The molecule has 0 amide bonds. The largest absolute Gasteiger partial charge is 0.0828 e. The number of hydrogen-bond acceptors (Lipinski definition) is 0. The van der Waals surface area contributed by atoms with Gasteiger partial charge in [-0.25, -0.2) is 0 Å². The van der Waals surface area contributed by atoms with Gasteiger partial charge >= 0.3 is 0 Å². The van der Waals surface area contributed by atoms with E-state index in [2.05, 4.69) is 33.8 Å². The molecule has 0 aromatic carbocycles. The number of allylic oxidation sites excluding steroid dienone is 2. The summed E-state index contributed by atoms with van der Waals surface area (Å²) in [6, 6.07) is 0. The van der Waals surface area contributed by atoms with Crippen LogP contribution in [0.5, 0.6) is 0 Å². The fourth-order valence-corrected chi connectivity index (χ4v) is 1.36. The molecule has 1 unspecified atom stereocenters. The van der Waals surface area contributed by atoms with Crippen molar-refractivity contribution in [1.29, 1.82) is 0 Å². The van der Waals surface area contributed by atoms with Gasteiger partial charge in [0.25, 0.3) is 0 Å². The van der Waals surface area contributed by atoms with Gasteiger partial charge in [0.2, 0.25) is 0 Å². The van der Waals surface area contributed by atoms with Crippen molar-refractivity contribution < 1.29 is 0 Å². The van der Waals surface area contributed by atoms with Crippen LogP contribution in [-0.2, 0) is 0 Å². The van der Waals surface area contributed by atoms with Gasteiger partial charge in [-0.3, -0.25) is 0 Å². The van der Waals surface area contributed by atoms with Crippen LogP contribution in [0.3, 0.4) is 0 Å². The molecule has 0 radical (unpaired) electrons. The Balaban J connectivity index is 0.000000292. The lowest BCUT2D eigenvalue weighted by atomic mass is 9.93. The molecule has 1 rings (SSSR count). The molecular weight excluding hydrogens is 132 g/mol. The lowest BCUT2D eigenvalue weighted by molar-refractivity contribution is 0.568. The van der Waals surface area contributed by atoms with Crippen molar-refractivity contribution in [3.8, 4) is 0 Å². The smallest absolute Gasteiger partial charge is 0.0259 e. The Morgan fingerprint density at radius 3 is 2.27 bits per heavy atom. The first-order chi connectivity index (χ1) is 5.20. The summed E-state index contributed by atoms with van der Waals surface area (Å²) in [5.74, 6) is 0.851. The summed E-state index contributed by atoms with van der Waals surface area (Å²) < 4.78 is 0. The summed E-state index contributed by atoms with van der Waals surface area (Å²) in [6.07, 6.45) is 7.79. The minimum absolute atomic E-state index is 0.851. The second kappa shape index (κ2) is 6.45. The minimum Gasteiger partial charge on any atom is -0.0828 e. The zero-order valence-electron chi connectivity index (χ0n) is 8.48. The van der Waals surface area contributed by atoms with Gasteiger partial charge in [-0.1, -0.05) is 38.8 Å². The molecule has 0 aromatic heterocycles. The van der Waals surface area contributed by atoms with Gasteiger partial charge in [-0.05, 0) is 32.1 Å². The highest BCUT2D eigenvalue weighted by molar-refractivity contribution is 5.03. The molecule has 1 aliphatic rings. The van der Waals surface area contributed by atoms with Gasteiger partial charge in [0.05, 0.1) is 0 Å². The summed E-state index contributed by atoms with van der Waals surface area (Å²) in [5, 5.41) is 0. The number of rotatable bonds is 0. The van der Waals surface area contributed by atoms with Crippen molar-refractivity contribution in [3.05, 3.63) is 11.6 Å². The quantitative estimate of drug-likeness (QED) is 0.459. The van der Waals surface area contributed by atoms with Crippen molar-refractivity contribution in [2.24, 2.45) is 5.92 Å². The molecule has 0 saturated heterocycles. The van der Waals surface area contributed by atoms with E-state index in [1.54, 1.807) is 5.57 Å². The lowest BCUT2D eigenvalue weighted by Gasteiger charge is -2.13. The van der Waals surface area contributed by atoms with E-state index in [-0.39, 0.29) is 0 Å². The summed E-state index contributed by atoms with van der Waals surface area (Å²) in [6.45, 7) is 8.78. The summed E-state index contributed by atoms with van der Waals surface area (Å²) in [5.41, 5.74) is 1.59. The molecule has 0 N–H and O–H groups in total. The van der Waals surface area contributed by atoms with Crippen molar-refractivity contribution in [1.82, 2.24) is 0 Å². The van der Waals surface area contributed by atoms with E-state index in [0.29, 0.717) is 0 Å². The normalized spacial score (nSPS) is 23.3. The molecule has 1 atom stereocenters. The predicted octanol–water partition coefficient (Wildman–Crippen LogP) is 4.17. The Morgan fingerprint density at radius 1 is 1.45 bits per heavy atom. The molecule has 66 valence electrons. The highest BCUT2D eigenvalue weighted by atomic mass is 14.1. The van der Waals surface area contributed by atoms with Crippen molar-refractivity contribution >= 4 is 0 Å². The molecular formula is C11H22. The van der Waals surface area contributed by atoms with E-state index in [1.807, 2.05) is 0 Å². The topological polar surface area (TPSA) is 0 Å². The van der Waals surface area contributed by atoms with E-state index < -0.39 is 0 Å². The molecule has 0 aliphatic heterocycles. The molecule has 11 heavy (non-hydrogen) atoms. The Kier molecular flexibility index (Phi) is 6.30. The third-order valence-electron chi connectivity index (χ3n) is 1.80. The van der Waals surface area contributed by atoms with Gasteiger partial charge in [-0.2, -0.15) is 0 Å². The fraction of sp³-hybridized carbons (Fsp3) is 0.818. The van der Waals surface area contributed by atoms with Crippen molar-refractivity contribution in [3.63, 3.8) is 0 Å². The molecule has 0 heteroatoms. The van der Waals surface area contributed by atoms with Crippen LogP contribution in [0, 0.1) is 5.92 Å².